The largest absolute Gasteiger partial charge is 0.462 e. The molecule has 6 nitrogen and oxygen atoms in total. The number of allylic oxidation sites excluding steroid dienone is 12. The van der Waals surface area contributed by atoms with E-state index in [4.69, 9.17) is 14.2 Å². The topological polar surface area (TPSA) is 78.9 Å². The average molecular weight is 795 g/mol. The van der Waals surface area contributed by atoms with Gasteiger partial charge >= 0.3 is 17.9 Å². The fraction of sp³-hybridized carbons (Fsp3) is 0.706. The zero-order valence-electron chi connectivity index (χ0n) is 37.1. The minimum atomic E-state index is -0.807. The van der Waals surface area contributed by atoms with E-state index in [1.54, 1.807) is 0 Å². The molecule has 0 aromatic heterocycles. The molecular weight excluding hydrogens is 709 g/mol. The van der Waals surface area contributed by atoms with Gasteiger partial charge < -0.3 is 14.2 Å². The van der Waals surface area contributed by atoms with Crippen LogP contribution in [0.5, 0.6) is 0 Å². The summed E-state index contributed by atoms with van der Waals surface area (Å²) >= 11 is 0. The summed E-state index contributed by atoms with van der Waals surface area (Å²) < 4.78 is 16.6. The first-order valence-corrected chi connectivity index (χ1v) is 23.4. The van der Waals surface area contributed by atoms with Gasteiger partial charge in [-0.1, -0.05) is 171 Å². The van der Waals surface area contributed by atoms with E-state index >= 15 is 0 Å². The van der Waals surface area contributed by atoms with Crippen molar-refractivity contribution in [1.29, 1.82) is 0 Å². The Bertz CT molecular complexity index is 1100. The van der Waals surface area contributed by atoms with E-state index in [1.807, 2.05) is 0 Å². The van der Waals surface area contributed by atoms with Gasteiger partial charge in [0.2, 0.25) is 0 Å². The Labute approximate surface area is 351 Å². The Morgan fingerprint density at radius 2 is 0.632 bits per heavy atom. The molecule has 0 fully saturated rings. The number of hydrogen-bond acceptors (Lipinski definition) is 6. The van der Waals surface area contributed by atoms with Crippen LogP contribution < -0.4 is 0 Å². The van der Waals surface area contributed by atoms with E-state index in [0.29, 0.717) is 19.3 Å². The predicted molar refractivity (Wildman–Crippen MR) is 242 cm³/mol. The van der Waals surface area contributed by atoms with Gasteiger partial charge in [-0.3, -0.25) is 14.4 Å². The second-order valence-corrected chi connectivity index (χ2v) is 15.3. The fourth-order valence-corrected chi connectivity index (χ4v) is 6.10. The minimum absolute atomic E-state index is 0.103. The van der Waals surface area contributed by atoms with Crippen LogP contribution >= 0.6 is 0 Å². The monoisotopic (exact) mass is 795 g/mol. The van der Waals surface area contributed by atoms with Crippen LogP contribution in [0, 0.1) is 0 Å². The van der Waals surface area contributed by atoms with E-state index in [0.717, 1.165) is 77.0 Å². The molecule has 0 N–H and O–H groups in total. The average Bonchev–Trinajstić information content (AvgIpc) is 3.21. The van der Waals surface area contributed by atoms with Crippen molar-refractivity contribution in [1.82, 2.24) is 0 Å². The first-order chi connectivity index (χ1) is 28.0. The van der Waals surface area contributed by atoms with Gasteiger partial charge in [-0.2, -0.15) is 0 Å². The molecule has 0 bridgehead atoms. The van der Waals surface area contributed by atoms with Crippen LogP contribution in [0.1, 0.15) is 213 Å². The SMILES string of the molecule is CCCCC/C=C\C/C=C\C/C=C\CCCCC(=O)OC[C@@H](COC(=O)CCCCCCCCCCC)OC(=O)CCCC/C=C\C/C=C\C/C=C\CCCCC. The van der Waals surface area contributed by atoms with Gasteiger partial charge in [0.05, 0.1) is 0 Å². The van der Waals surface area contributed by atoms with Crippen LogP contribution in [0.2, 0.25) is 0 Å². The molecule has 0 spiro atoms. The number of hydrogen-bond donors (Lipinski definition) is 0. The van der Waals surface area contributed by atoms with Crippen molar-refractivity contribution in [3.8, 4) is 0 Å². The third kappa shape index (κ3) is 43.8. The lowest BCUT2D eigenvalue weighted by molar-refractivity contribution is -0.167. The summed E-state index contributed by atoms with van der Waals surface area (Å²) in [4.78, 5) is 37.7. The number of rotatable bonds is 41. The first kappa shape index (κ1) is 53.9. The Morgan fingerprint density at radius 3 is 1.02 bits per heavy atom. The highest BCUT2D eigenvalue weighted by Gasteiger charge is 2.19. The molecule has 0 aliphatic carbocycles. The van der Waals surface area contributed by atoms with Gasteiger partial charge in [0.15, 0.2) is 6.10 Å². The van der Waals surface area contributed by atoms with Crippen molar-refractivity contribution >= 4 is 17.9 Å². The van der Waals surface area contributed by atoms with Crippen molar-refractivity contribution in [3.63, 3.8) is 0 Å². The smallest absolute Gasteiger partial charge is 0.306 e. The molecule has 0 aliphatic heterocycles. The van der Waals surface area contributed by atoms with Crippen LogP contribution in [-0.4, -0.2) is 37.2 Å². The van der Waals surface area contributed by atoms with Crippen molar-refractivity contribution in [3.05, 3.63) is 72.9 Å². The van der Waals surface area contributed by atoms with E-state index in [9.17, 15) is 14.4 Å². The van der Waals surface area contributed by atoms with Gasteiger partial charge in [0.25, 0.3) is 0 Å². The Hall–Kier alpha value is -3.15. The second kappa shape index (κ2) is 45.6. The number of carbonyl (C=O) groups is 3. The van der Waals surface area contributed by atoms with Crippen LogP contribution in [-0.2, 0) is 28.6 Å². The Kier molecular flexibility index (Phi) is 43.0. The van der Waals surface area contributed by atoms with Crippen LogP contribution in [0.4, 0.5) is 0 Å². The third-order valence-corrected chi connectivity index (χ3v) is 9.68. The van der Waals surface area contributed by atoms with Crippen LogP contribution in [0.15, 0.2) is 72.9 Å². The molecule has 0 unspecified atom stereocenters. The number of esters is 3. The fourth-order valence-electron chi connectivity index (χ4n) is 6.10. The summed E-state index contributed by atoms with van der Waals surface area (Å²) in [6.45, 7) is 6.47. The third-order valence-electron chi connectivity index (χ3n) is 9.68. The molecule has 0 heterocycles. The molecule has 0 radical (unpaired) electrons. The van der Waals surface area contributed by atoms with Crippen molar-refractivity contribution in [2.45, 2.75) is 219 Å². The van der Waals surface area contributed by atoms with Crippen molar-refractivity contribution in [2.24, 2.45) is 0 Å². The van der Waals surface area contributed by atoms with Gasteiger partial charge in [-0.25, -0.2) is 0 Å². The maximum absolute atomic E-state index is 12.7. The standard InChI is InChI=1S/C51H86O6/c1-4-7-10-13-16-19-21-23-25-27-29-32-35-38-41-44-50(53)56-47-48(46-55-49(52)43-40-37-34-31-18-15-12-9-6-3)57-51(54)45-42-39-36-33-30-28-26-24-22-20-17-14-11-8-5-2/h16-17,19-20,23-26,29-30,32-33,48H,4-15,18,21-22,27-28,31,34-47H2,1-3H3/b19-16-,20-17-,25-23-,26-24-,32-29-,33-30-/t48-/m1/s1. The summed E-state index contributed by atoms with van der Waals surface area (Å²) in [7, 11) is 0. The molecular formula is C51H86O6. The summed E-state index contributed by atoms with van der Waals surface area (Å²) in [5.74, 6) is -0.988. The second-order valence-electron chi connectivity index (χ2n) is 15.3. The summed E-state index contributed by atoms with van der Waals surface area (Å²) in [6, 6.07) is 0. The summed E-state index contributed by atoms with van der Waals surface area (Å²) in [6.07, 6.45) is 56.0. The molecule has 0 amide bonds. The zero-order valence-corrected chi connectivity index (χ0v) is 37.1. The minimum Gasteiger partial charge on any atom is -0.462 e. The quantitative estimate of drug-likeness (QED) is 0.0265. The lowest BCUT2D eigenvalue weighted by Gasteiger charge is -2.18. The number of ether oxygens (including phenoxy) is 3. The molecule has 326 valence electrons. The van der Waals surface area contributed by atoms with Gasteiger partial charge in [0.1, 0.15) is 13.2 Å². The molecule has 0 aromatic rings. The molecule has 0 aromatic carbocycles. The van der Waals surface area contributed by atoms with E-state index < -0.39 is 6.10 Å². The molecule has 1 atom stereocenters. The van der Waals surface area contributed by atoms with Crippen molar-refractivity contribution in [2.75, 3.05) is 13.2 Å². The summed E-state index contributed by atoms with van der Waals surface area (Å²) in [5.41, 5.74) is 0. The Morgan fingerprint density at radius 1 is 0.351 bits per heavy atom. The highest BCUT2D eigenvalue weighted by Crippen LogP contribution is 2.12. The molecule has 0 saturated carbocycles. The lowest BCUT2D eigenvalue weighted by atomic mass is 10.1. The normalized spacial score (nSPS) is 12.7. The molecule has 0 rings (SSSR count). The predicted octanol–water partition coefficient (Wildman–Crippen LogP) is 15.1. The molecule has 0 saturated heterocycles. The maximum Gasteiger partial charge on any atom is 0.306 e. The van der Waals surface area contributed by atoms with Gasteiger partial charge in [-0.15, -0.1) is 0 Å². The van der Waals surface area contributed by atoms with Gasteiger partial charge in [-0.05, 0) is 96.3 Å². The van der Waals surface area contributed by atoms with Crippen LogP contribution in [0.25, 0.3) is 0 Å². The molecule has 0 aliphatic rings. The molecule has 6 heteroatoms. The van der Waals surface area contributed by atoms with Gasteiger partial charge in [0, 0.05) is 19.3 Å². The first-order valence-electron chi connectivity index (χ1n) is 23.4. The van der Waals surface area contributed by atoms with E-state index in [-0.39, 0.29) is 37.5 Å². The van der Waals surface area contributed by atoms with Crippen molar-refractivity contribution < 1.29 is 28.6 Å². The van der Waals surface area contributed by atoms with Crippen LogP contribution in [0.3, 0.4) is 0 Å². The van der Waals surface area contributed by atoms with E-state index in [2.05, 4.69) is 93.7 Å². The molecule has 57 heavy (non-hydrogen) atoms. The van der Waals surface area contributed by atoms with E-state index in [1.165, 1.54) is 89.9 Å². The maximum atomic E-state index is 12.7. The lowest BCUT2D eigenvalue weighted by Crippen LogP contribution is -2.30. The zero-order chi connectivity index (χ0) is 41.5. The highest BCUT2D eigenvalue weighted by molar-refractivity contribution is 5.71. The number of carbonyl (C=O) groups excluding carboxylic acids is 3. The Balaban J connectivity index is 4.50. The summed E-state index contributed by atoms with van der Waals surface area (Å²) in [5, 5.41) is 0. The highest BCUT2D eigenvalue weighted by atomic mass is 16.6. The number of unbranched alkanes of at least 4 members (excludes halogenated alkanes) is 18.